The molecule has 0 aliphatic carbocycles. The van der Waals surface area contributed by atoms with E-state index in [0.717, 1.165) is 5.75 Å². The summed E-state index contributed by atoms with van der Waals surface area (Å²) in [5, 5.41) is -0.316. The van der Waals surface area contributed by atoms with Gasteiger partial charge >= 0.3 is 0 Å². The summed E-state index contributed by atoms with van der Waals surface area (Å²) in [5.41, 5.74) is 0. The summed E-state index contributed by atoms with van der Waals surface area (Å²) < 4.78 is 26.0. The quantitative estimate of drug-likeness (QED) is 0.756. The molecule has 0 aromatic rings. The van der Waals surface area contributed by atoms with Gasteiger partial charge in [0.05, 0.1) is 5.25 Å². The first-order valence-electron chi connectivity index (χ1n) is 5.34. The van der Waals surface area contributed by atoms with E-state index in [2.05, 4.69) is 18.6 Å². The lowest BCUT2D eigenvalue weighted by Crippen LogP contribution is -2.38. The third-order valence-corrected chi connectivity index (χ3v) is 5.61. The van der Waals surface area contributed by atoms with Gasteiger partial charge in [-0.05, 0) is 32.4 Å². The molecule has 0 radical (unpaired) electrons. The molecule has 0 spiro atoms. The van der Waals surface area contributed by atoms with Crippen LogP contribution < -0.4 is 4.72 Å². The maximum atomic E-state index is 11.7. The fraction of sp³-hybridized carbons (Fsp3) is 1.00. The first-order chi connectivity index (χ1) is 6.75. The van der Waals surface area contributed by atoms with E-state index in [9.17, 15) is 8.42 Å². The highest BCUT2D eigenvalue weighted by Crippen LogP contribution is 2.12. The molecule has 0 bridgehead atoms. The molecular formula is C10H23NO2S2. The highest BCUT2D eigenvalue weighted by Gasteiger charge is 2.21. The van der Waals surface area contributed by atoms with Gasteiger partial charge in [-0.25, -0.2) is 13.1 Å². The molecule has 0 heterocycles. The van der Waals surface area contributed by atoms with Gasteiger partial charge in [-0.15, -0.1) is 0 Å². The van der Waals surface area contributed by atoms with Gasteiger partial charge in [0.1, 0.15) is 0 Å². The van der Waals surface area contributed by atoms with Gasteiger partial charge in [0.25, 0.3) is 0 Å². The first-order valence-corrected chi connectivity index (χ1v) is 8.04. The van der Waals surface area contributed by atoms with Crippen molar-refractivity contribution in [3.63, 3.8) is 0 Å². The van der Waals surface area contributed by atoms with E-state index >= 15 is 0 Å². The van der Waals surface area contributed by atoms with E-state index in [0.29, 0.717) is 11.7 Å². The third kappa shape index (κ3) is 7.19. The van der Waals surface area contributed by atoms with Crippen LogP contribution in [-0.4, -0.2) is 31.2 Å². The van der Waals surface area contributed by atoms with Crippen LogP contribution in [0.15, 0.2) is 0 Å². The number of thioether (sulfide) groups is 1. The highest BCUT2D eigenvalue weighted by atomic mass is 32.2. The van der Waals surface area contributed by atoms with Gasteiger partial charge in [0.2, 0.25) is 10.0 Å². The van der Waals surface area contributed by atoms with Crippen molar-refractivity contribution in [3.05, 3.63) is 0 Å². The molecular weight excluding hydrogens is 230 g/mol. The van der Waals surface area contributed by atoms with Crippen molar-refractivity contribution in [1.82, 2.24) is 4.72 Å². The van der Waals surface area contributed by atoms with Crippen LogP contribution in [0.5, 0.6) is 0 Å². The molecule has 5 heteroatoms. The van der Waals surface area contributed by atoms with Crippen molar-refractivity contribution < 1.29 is 8.42 Å². The predicted molar refractivity (Wildman–Crippen MR) is 68.8 cm³/mol. The second-order valence-corrected chi connectivity index (χ2v) is 7.76. The van der Waals surface area contributed by atoms with E-state index in [1.165, 1.54) is 0 Å². The van der Waals surface area contributed by atoms with Crippen molar-refractivity contribution in [2.75, 3.05) is 11.5 Å². The minimum absolute atomic E-state index is 0.0208. The Bertz CT molecular complexity index is 261. The number of hydrogen-bond acceptors (Lipinski definition) is 3. The summed E-state index contributed by atoms with van der Waals surface area (Å²) in [4.78, 5) is 0. The Hall–Kier alpha value is 0.260. The lowest BCUT2D eigenvalue weighted by molar-refractivity contribution is 0.561. The van der Waals surface area contributed by atoms with Crippen molar-refractivity contribution in [1.29, 1.82) is 0 Å². The van der Waals surface area contributed by atoms with Crippen LogP contribution in [0.25, 0.3) is 0 Å². The molecule has 0 aliphatic heterocycles. The molecule has 0 aromatic heterocycles. The van der Waals surface area contributed by atoms with Crippen LogP contribution in [0.2, 0.25) is 0 Å². The summed E-state index contributed by atoms with van der Waals surface area (Å²) in [6.45, 7) is 9.71. The highest BCUT2D eigenvalue weighted by molar-refractivity contribution is 8.00. The molecule has 0 saturated carbocycles. The van der Waals surface area contributed by atoms with Crippen LogP contribution in [-0.2, 0) is 10.0 Å². The molecule has 0 rings (SSSR count). The Morgan fingerprint density at radius 2 is 1.60 bits per heavy atom. The maximum absolute atomic E-state index is 11.7. The van der Waals surface area contributed by atoms with Crippen LogP contribution in [0, 0.1) is 5.92 Å². The van der Waals surface area contributed by atoms with E-state index in [-0.39, 0.29) is 11.3 Å². The standard InChI is InChI=1S/C10H23NO2S2/c1-8(2)6-14-7-10(5)15(12,13)11-9(3)4/h8-11H,6-7H2,1-5H3. The van der Waals surface area contributed by atoms with Gasteiger partial charge in [0, 0.05) is 11.8 Å². The molecule has 0 amide bonds. The van der Waals surface area contributed by atoms with Gasteiger partial charge in [0.15, 0.2) is 0 Å². The lowest BCUT2D eigenvalue weighted by atomic mass is 10.3. The first kappa shape index (κ1) is 15.3. The summed E-state index contributed by atoms with van der Waals surface area (Å²) in [6, 6.07) is -0.0208. The Morgan fingerprint density at radius 3 is 2.00 bits per heavy atom. The van der Waals surface area contributed by atoms with E-state index in [4.69, 9.17) is 0 Å². The molecule has 3 nitrogen and oxygen atoms in total. The number of rotatable bonds is 7. The van der Waals surface area contributed by atoms with Crippen molar-refractivity contribution in [2.24, 2.45) is 5.92 Å². The Kier molecular flexibility index (Phi) is 6.88. The summed E-state index contributed by atoms with van der Waals surface area (Å²) in [5.74, 6) is 2.30. The molecule has 92 valence electrons. The van der Waals surface area contributed by atoms with Crippen LogP contribution in [0.1, 0.15) is 34.6 Å². The normalized spacial score (nSPS) is 14.9. The van der Waals surface area contributed by atoms with E-state index in [1.807, 2.05) is 13.8 Å². The minimum Gasteiger partial charge on any atom is -0.212 e. The van der Waals surface area contributed by atoms with Crippen LogP contribution in [0.3, 0.4) is 0 Å². The molecule has 0 saturated heterocycles. The lowest BCUT2D eigenvalue weighted by Gasteiger charge is -2.16. The second kappa shape index (κ2) is 6.76. The van der Waals surface area contributed by atoms with Gasteiger partial charge in [-0.1, -0.05) is 13.8 Å². The molecule has 15 heavy (non-hydrogen) atoms. The third-order valence-electron chi connectivity index (χ3n) is 1.73. The number of nitrogens with one attached hydrogen (secondary N) is 1. The average molecular weight is 253 g/mol. The fourth-order valence-corrected chi connectivity index (χ4v) is 3.84. The molecule has 1 N–H and O–H groups in total. The van der Waals surface area contributed by atoms with Gasteiger partial charge in [-0.2, -0.15) is 11.8 Å². The number of hydrogen-bond donors (Lipinski definition) is 1. The van der Waals surface area contributed by atoms with Gasteiger partial charge in [-0.3, -0.25) is 0 Å². The zero-order valence-corrected chi connectivity index (χ0v) is 11.9. The molecule has 0 aliphatic rings. The molecule has 0 aromatic carbocycles. The van der Waals surface area contributed by atoms with Crippen molar-refractivity contribution in [3.8, 4) is 0 Å². The largest absolute Gasteiger partial charge is 0.215 e. The smallest absolute Gasteiger partial charge is 0.212 e. The van der Waals surface area contributed by atoms with Gasteiger partial charge < -0.3 is 0 Å². The minimum atomic E-state index is -3.13. The summed E-state index contributed by atoms with van der Waals surface area (Å²) in [6.07, 6.45) is 0. The average Bonchev–Trinajstić information content (AvgIpc) is 2.00. The summed E-state index contributed by atoms with van der Waals surface area (Å²) in [7, 11) is -3.13. The molecule has 1 atom stereocenters. The van der Waals surface area contributed by atoms with Crippen molar-refractivity contribution >= 4 is 21.8 Å². The Labute approximate surface area is 98.5 Å². The molecule has 1 unspecified atom stereocenters. The summed E-state index contributed by atoms with van der Waals surface area (Å²) >= 11 is 1.70. The predicted octanol–water partition coefficient (Wildman–Crippen LogP) is 2.09. The second-order valence-electron chi connectivity index (χ2n) is 4.56. The van der Waals surface area contributed by atoms with Crippen molar-refractivity contribution in [2.45, 2.75) is 45.9 Å². The number of sulfonamides is 1. The zero-order valence-electron chi connectivity index (χ0n) is 10.3. The van der Waals surface area contributed by atoms with Crippen LogP contribution >= 0.6 is 11.8 Å². The van der Waals surface area contributed by atoms with Crippen LogP contribution in [0.4, 0.5) is 0 Å². The topological polar surface area (TPSA) is 46.2 Å². The Morgan fingerprint density at radius 1 is 1.07 bits per heavy atom. The van der Waals surface area contributed by atoms with E-state index in [1.54, 1.807) is 18.7 Å². The SMILES string of the molecule is CC(C)CSCC(C)S(=O)(=O)NC(C)C. The monoisotopic (exact) mass is 253 g/mol. The van der Waals surface area contributed by atoms with E-state index < -0.39 is 10.0 Å². The zero-order chi connectivity index (χ0) is 12.1. The maximum Gasteiger partial charge on any atom is 0.215 e. The fourth-order valence-electron chi connectivity index (χ4n) is 1.00. The Balaban J connectivity index is 4.03. The molecule has 0 fully saturated rings.